The van der Waals surface area contributed by atoms with Gasteiger partial charge >= 0.3 is 0 Å². The quantitative estimate of drug-likeness (QED) is 0.849. The van der Waals surface area contributed by atoms with Crippen LogP contribution in [0.2, 0.25) is 0 Å². The summed E-state index contributed by atoms with van der Waals surface area (Å²) in [5, 5.41) is 11.5. The molecule has 1 heterocycles. The third-order valence-electron chi connectivity index (χ3n) is 3.26. The van der Waals surface area contributed by atoms with Crippen LogP contribution in [0.25, 0.3) is 0 Å². The number of hydrogen-bond donors (Lipinski definition) is 2. The summed E-state index contributed by atoms with van der Waals surface area (Å²) >= 11 is 0. The molecule has 1 saturated heterocycles. The highest BCUT2D eigenvalue weighted by Gasteiger charge is 2.31. The van der Waals surface area contributed by atoms with Gasteiger partial charge in [-0.15, -0.1) is 0 Å². The van der Waals surface area contributed by atoms with Crippen molar-refractivity contribution in [3.05, 3.63) is 29.8 Å². The fraction of sp³-hybridized carbons (Fsp3) is 0.462. The molecule has 1 atom stereocenters. The van der Waals surface area contributed by atoms with E-state index in [1.165, 1.54) is 12.1 Å². The Kier molecular flexibility index (Phi) is 4.09. The number of rotatable bonds is 4. The number of carbonyl (C=O) groups is 1. The lowest BCUT2D eigenvalue weighted by molar-refractivity contribution is -0.120. The second kappa shape index (κ2) is 5.61. The highest BCUT2D eigenvalue weighted by Crippen LogP contribution is 2.19. The minimum atomic E-state index is -3.02. The lowest BCUT2D eigenvalue weighted by Crippen LogP contribution is -2.35. The molecule has 1 unspecified atom stereocenters. The Hall–Kier alpha value is -1.56. The van der Waals surface area contributed by atoms with Crippen molar-refractivity contribution in [1.29, 1.82) is 0 Å². The molecule has 1 aliphatic rings. The van der Waals surface area contributed by atoms with Crippen LogP contribution in [0.3, 0.4) is 0 Å². The van der Waals surface area contributed by atoms with E-state index < -0.39 is 15.1 Å². The van der Waals surface area contributed by atoms with E-state index in [-0.39, 0.29) is 30.4 Å². The Morgan fingerprint density at radius 1 is 1.42 bits per heavy atom. The average molecular weight is 283 g/mol. The van der Waals surface area contributed by atoms with E-state index >= 15 is 0 Å². The molecule has 1 fully saturated rings. The van der Waals surface area contributed by atoms with Gasteiger partial charge in [0, 0.05) is 6.54 Å². The minimum absolute atomic E-state index is 0.115. The van der Waals surface area contributed by atoms with Crippen molar-refractivity contribution in [2.75, 3.05) is 12.3 Å². The van der Waals surface area contributed by atoms with Gasteiger partial charge in [0.15, 0.2) is 9.84 Å². The molecular formula is C13H17NO4S. The minimum Gasteiger partial charge on any atom is -0.508 e. The van der Waals surface area contributed by atoms with Crippen LogP contribution in [-0.2, 0) is 21.1 Å². The first-order chi connectivity index (χ1) is 8.97. The Morgan fingerprint density at radius 3 is 2.84 bits per heavy atom. The van der Waals surface area contributed by atoms with Gasteiger partial charge in [0.1, 0.15) is 5.75 Å². The standard InChI is InChI=1S/C13H17NO4S/c15-11-4-1-3-10(7-11)8-13(16)14-9-12-5-2-6-19(12,17)18/h1,3-4,7,12,15H,2,5-6,8-9H2,(H,14,16). The van der Waals surface area contributed by atoms with Crippen LogP contribution in [0.15, 0.2) is 24.3 Å². The Bertz CT molecular complexity index is 568. The van der Waals surface area contributed by atoms with Crippen molar-refractivity contribution in [2.45, 2.75) is 24.5 Å². The fourth-order valence-corrected chi connectivity index (χ4v) is 3.99. The van der Waals surface area contributed by atoms with Crippen LogP contribution < -0.4 is 5.32 Å². The molecule has 1 aromatic rings. The molecule has 19 heavy (non-hydrogen) atoms. The molecule has 2 rings (SSSR count). The van der Waals surface area contributed by atoms with E-state index in [2.05, 4.69) is 5.32 Å². The average Bonchev–Trinajstić information content (AvgIpc) is 2.66. The van der Waals surface area contributed by atoms with Crippen LogP contribution in [0, 0.1) is 0 Å². The molecule has 6 heteroatoms. The number of nitrogens with one attached hydrogen (secondary N) is 1. The van der Waals surface area contributed by atoms with E-state index in [0.717, 1.165) is 0 Å². The maximum absolute atomic E-state index is 11.7. The second-order valence-corrected chi connectivity index (χ2v) is 7.18. The third-order valence-corrected chi connectivity index (χ3v) is 5.54. The molecule has 1 aromatic carbocycles. The van der Waals surface area contributed by atoms with Gasteiger partial charge in [-0.05, 0) is 30.5 Å². The maximum atomic E-state index is 11.7. The van der Waals surface area contributed by atoms with Crippen LogP contribution in [0.1, 0.15) is 18.4 Å². The van der Waals surface area contributed by atoms with Crippen molar-refractivity contribution in [2.24, 2.45) is 0 Å². The van der Waals surface area contributed by atoms with E-state index in [1.807, 2.05) is 0 Å². The van der Waals surface area contributed by atoms with Gasteiger partial charge in [-0.1, -0.05) is 12.1 Å². The Morgan fingerprint density at radius 2 is 2.21 bits per heavy atom. The van der Waals surface area contributed by atoms with Crippen molar-refractivity contribution < 1.29 is 18.3 Å². The molecule has 2 N–H and O–H groups in total. The molecule has 1 aliphatic heterocycles. The zero-order valence-corrected chi connectivity index (χ0v) is 11.3. The molecule has 104 valence electrons. The summed E-state index contributed by atoms with van der Waals surface area (Å²) < 4.78 is 23.2. The summed E-state index contributed by atoms with van der Waals surface area (Å²) in [6.45, 7) is 0.181. The van der Waals surface area contributed by atoms with Crippen LogP contribution >= 0.6 is 0 Å². The van der Waals surface area contributed by atoms with E-state index in [1.54, 1.807) is 12.1 Å². The fourth-order valence-electron chi connectivity index (χ4n) is 2.23. The first-order valence-corrected chi connectivity index (χ1v) is 7.95. The molecule has 0 spiro atoms. The van der Waals surface area contributed by atoms with E-state index in [0.29, 0.717) is 18.4 Å². The van der Waals surface area contributed by atoms with Crippen molar-refractivity contribution in [3.63, 3.8) is 0 Å². The summed E-state index contributed by atoms with van der Waals surface area (Å²) in [6.07, 6.45) is 1.44. The molecule has 1 amide bonds. The first-order valence-electron chi connectivity index (χ1n) is 6.23. The molecule has 0 bridgehead atoms. The molecule has 0 aliphatic carbocycles. The highest BCUT2D eigenvalue weighted by molar-refractivity contribution is 7.92. The van der Waals surface area contributed by atoms with Gasteiger partial charge in [-0.2, -0.15) is 0 Å². The van der Waals surface area contributed by atoms with Gasteiger partial charge in [0.05, 0.1) is 17.4 Å². The van der Waals surface area contributed by atoms with Crippen molar-refractivity contribution >= 4 is 15.7 Å². The van der Waals surface area contributed by atoms with Crippen molar-refractivity contribution in [3.8, 4) is 5.75 Å². The molecule has 0 radical (unpaired) electrons. The number of carbonyl (C=O) groups excluding carboxylic acids is 1. The molecular weight excluding hydrogens is 266 g/mol. The summed E-state index contributed by atoms with van der Waals surface area (Å²) in [6, 6.07) is 6.46. The lowest BCUT2D eigenvalue weighted by Gasteiger charge is -2.10. The van der Waals surface area contributed by atoms with Crippen LogP contribution in [-0.4, -0.2) is 37.0 Å². The predicted octanol–water partition coefficient (Wildman–Crippen LogP) is 0.628. The number of sulfone groups is 1. The predicted molar refractivity (Wildman–Crippen MR) is 71.6 cm³/mol. The third kappa shape index (κ3) is 3.70. The van der Waals surface area contributed by atoms with E-state index in [4.69, 9.17) is 0 Å². The summed E-state index contributed by atoms with van der Waals surface area (Å²) in [7, 11) is -3.02. The first kappa shape index (κ1) is 13.9. The normalized spacial score (nSPS) is 21.2. The van der Waals surface area contributed by atoms with Gasteiger partial charge < -0.3 is 10.4 Å². The number of phenols is 1. The van der Waals surface area contributed by atoms with Crippen molar-refractivity contribution in [1.82, 2.24) is 5.32 Å². The highest BCUT2D eigenvalue weighted by atomic mass is 32.2. The topological polar surface area (TPSA) is 83.5 Å². The molecule has 5 nitrogen and oxygen atoms in total. The summed E-state index contributed by atoms with van der Waals surface area (Å²) in [5.74, 6) is 0.108. The number of amides is 1. The molecule has 0 saturated carbocycles. The van der Waals surface area contributed by atoms with E-state index in [9.17, 15) is 18.3 Å². The van der Waals surface area contributed by atoms with Gasteiger partial charge in [-0.25, -0.2) is 8.42 Å². The number of phenolic OH excluding ortho intramolecular Hbond substituents is 1. The monoisotopic (exact) mass is 283 g/mol. The Balaban J connectivity index is 1.85. The summed E-state index contributed by atoms with van der Waals surface area (Å²) in [5.41, 5.74) is 0.701. The van der Waals surface area contributed by atoms with Gasteiger partial charge in [0.2, 0.25) is 5.91 Å². The zero-order valence-electron chi connectivity index (χ0n) is 10.5. The Labute approximate surface area is 112 Å². The summed E-state index contributed by atoms with van der Waals surface area (Å²) in [4.78, 5) is 11.7. The van der Waals surface area contributed by atoms with Crippen LogP contribution in [0.5, 0.6) is 5.75 Å². The largest absolute Gasteiger partial charge is 0.508 e. The number of aromatic hydroxyl groups is 1. The lowest BCUT2D eigenvalue weighted by atomic mass is 10.1. The van der Waals surface area contributed by atoms with Gasteiger partial charge in [-0.3, -0.25) is 4.79 Å². The maximum Gasteiger partial charge on any atom is 0.224 e. The van der Waals surface area contributed by atoms with Crippen LogP contribution in [0.4, 0.5) is 0 Å². The number of benzene rings is 1. The van der Waals surface area contributed by atoms with Gasteiger partial charge in [0.25, 0.3) is 0 Å². The molecule has 0 aromatic heterocycles. The SMILES string of the molecule is O=C(Cc1cccc(O)c1)NCC1CCCS1(=O)=O. The zero-order chi connectivity index (χ0) is 13.9. The second-order valence-electron chi connectivity index (χ2n) is 4.78. The smallest absolute Gasteiger partial charge is 0.224 e. The number of hydrogen-bond acceptors (Lipinski definition) is 4.